The Labute approximate surface area is 102 Å². The second kappa shape index (κ2) is 5.01. The minimum absolute atomic E-state index is 0.00751. The van der Waals surface area contributed by atoms with E-state index in [9.17, 15) is 13.2 Å². The monoisotopic (exact) mass is 262 g/mol. The molecule has 1 aromatic heterocycles. The predicted molar refractivity (Wildman–Crippen MR) is 58.4 cm³/mol. The second-order valence-corrected chi connectivity index (χ2v) is 4.07. The van der Waals surface area contributed by atoms with Crippen molar-refractivity contribution in [2.75, 3.05) is 18.1 Å². The molecule has 0 radical (unpaired) electrons. The van der Waals surface area contributed by atoms with Gasteiger partial charge in [-0.25, -0.2) is 4.98 Å². The van der Waals surface area contributed by atoms with Crippen molar-refractivity contribution >= 4 is 5.82 Å². The Hall–Kier alpha value is -1.50. The lowest BCUT2D eigenvalue weighted by Gasteiger charge is -2.24. The molecule has 0 saturated carbocycles. The molecule has 1 aliphatic heterocycles. The zero-order valence-corrected chi connectivity index (χ0v) is 9.52. The Morgan fingerprint density at radius 3 is 2.78 bits per heavy atom. The number of ether oxygens (including phenoxy) is 1. The molecule has 1 saturated heterocycles. The van der Waals surface area contributed by atoms with Gasteiger partial charge in [-0.2, -0.15) is 0 Å². The van der Waals surface area contributed by atoms with Crippen LogP contribution in [-0.2, 0) is 0 Å². The molecule has 1 aliphatic rings. The summed E-state index contributed by atoms with van der Waals surface area (Å²) in [4.78, 5) is 5.82. The number of anilines is 1. The van der Waals surface area contributed by atoms with Crippen molar-refractivity contribution in [3.8, 4) is 5.75 Å². The second-order valence-electron chi connectivity index (χ2n) is 4.07. The van der Waals surface area contributed by atoms with Crippen LogP contribution >= 0.6 is 0 Å². The third-order valence-corrected chi connectivity index (χ3v) is 2.84. The number of alkyl halides is 3. The van der Waals surface area contributed by atoms with Gasteiger partial charge in [-0.15, -0.1) is 13.2 Å². The van der Waals surface area contributed by atoms with Gasteiger partial charge in [0.25, 0.3) is 0 Å². The van der Waals surface area contributed by atoms with Gasteiger partial charge >= 0.3 is 6.36 Å². The van der Waals surface area contributed by atoms with Crippen LogP contribution in [0.1, 0.15) is 12.8 Å². The quantitative estimate of drug-likeness (QED) is 0.904. The summed E-state index contributed by atoms with van der Waals surface area (Å²) in [6.45, 7) is 0.764. The van der Waals surface area contributed by atoms with Crippen LogP contribution < -0.4 is 9.64 Å². The van der Waals surface area contributed by atoms with E-state index in [1.807, 2.05) is 4.90 Å². The standard InChI is InChI=1S/C11H13F3N2O2/c12-11(13,14)18-9-3-4-10(15-6-9)16-5-1-2-8(16)7-17/h3-4,6,8,17H,1-2,5,7H2/t8-/m1/s1. The van der Waals surface area contributed by atoms with Crippen LogP contribution in [0, 0.1) is 0 Å². The number of aliphatic hydroxyl groups excluding tert-OH is 1. The lowest BCUT2D eigenvalue weighted by Crippen LogP contribution is -2.32. The van der Waals surface area contributed by atoms with Crippen molar-refractivity contribution in [3.05, 3.63) is 18.3 Å². The summed E-state index contributed by atoms with van der Waals surface area (Å²) in [7, 11) is 0. The Morgan fingerprint density at radius 1 is 1.44 bits per heavy atom. The third-order valence-electron chi connectivity index (χ3n) is 2.84. The van der Waals surface area contributed by atoms with Crippen LogP contribution in [0.4, 0.5) is 19.0 Å². The average Bonchev–Trinajstić information content (AvgIpc) is 2.76. The normalized spacial score (nSPS) is 20.2. The lowest BCUT2D eigenvalue weighted by molar-refractivity contribution is -0.274. The van der Waals surface area contributed by atoms with Crippen molar-refractivity contribution in [3.63, 3.8) is 0 Å². The van der Waals surface area contributed by atoms with Crippen LogP contribution in [0.2, 0.25) is 0 Å². The molecule has 18 heavy (non-hydrogen) atoms. The van der Waals surface area contributed by atoms with Crippen LogP contribution in [0.15, 0.2) is 18.3 Å². The topological polar surface area (TPSA) is 45.6 Å². The Bertz CT molecular complexity index is 394. The van der Waals surface area contributed by atoms with Crippen molar-refractivity contribution in [1.82, 2.24) is 4.98 Å². The first-order chi connectivity index (χ1) is 8.49. The maximum Gasteiger partial charge on any atom is 0.573 e. The molecule has 0 bridgehead atoms. The molecule has 4 nitrogen and oxygen atoms in total. The highest BCUT2D eigenvalue weighted by atomic mass is 19.4. The minimum atomic E-state index is -4.70. The molecule has 0 aliphatic carbocycles. The Kier molecular flexibility index (Phi) is 3.60. The number of halogens is 3. The number of hydrogen-bond donors (Lipinski definition) is 1. The third kappa shape index (κ3) is 3.04. The van der Waals surface area contributed by atoms with E-state index in [0.717, 1.165) is 25.6 Å². The lowest BCUT2D eigenvalue weighted by atomic mass is 10.2. The highest BCUT2D eigenvalue weighted by Gasteiger charge is 2.31. The summed E-state index contributed by atoms with van der Waals surface area (Å²) in [5.41, 5.74) is 0. The van der Waals surface area contributed by atoms with Gasteiger partial charge in [-0.1, -0.05) is 0 Å². The summed E-state index contributed by atoms with van der Waals surface area (Å²) >= 11 is 0. The summed E-state index contributed by atoms with van der Waals surface area (Å²) in [5, 5.41) is 9.16. The number of aliphatic hydroxyl groups is 1. The minimum Gasteiger partial charge on any atom is -0.404 e. The van der Waals surface area contributed by atoms with Crippen LogP contribution in [0.5, 0.6) is 5.75 Å². The highest BCUT2D eigenvalue weighted by Crippen LogP contribution is 2.27. The fourth-order valence-corrected chi connectivity index (χ4v) is 2.06. The van der Waals surface area contributed by atoms with Crippen molar-refractivity contribution in [1.29, 1.82) is 0 Å². The van der Waals surface area contributed by atoms with E-state index in [0.29, 0.717) is 5.82 Å². The van der Waals surface area contributed by atoms with Gasteiger partial charge in [0.2, 0.25) is 0 Å². The maximum absolute atomic E-state index is 12.0. The number of nitrogens with zero attached hydrogens (tertiary/aromatic N) is 2. The molecule has 100 valence electrons. The van der Waals surface area contributed by atoms with E-state index in [2.05, 4.69) is 9.72 Å². The van der Waals surface area contributed by atoms with E-state index >= 15 is 0 Å². The zero-order valence-electron chi connectivity index (χ0n) is 9.52. The molecule has 0 spiro atoms. The summed E-state index contributed by atoms with van der Waals surface area (Å²) < 4.78 is 39.6. The smallest absolute Gasteiger partial charge is 0.404 e. The number of pyridine rings is 1. The largest absolute Gasteiger partial charge is 0.573 e. The average molecular weight is 262 g/mol. The van der Waals surface area contributed by atoms with Crippen molar-refractivity contribution < 1.29 is 23.0 Å². The Morgan fingerprint density at radius 2 is 2.22 bits per heavy atom. The summed E-state index contributed by atoms with van der Waals surface area (Å²) in [6, 6.07) is 2.68. The van der Waals surface area contributed by atoms with Gasteiger partial charge in [-0.05, 0) is 25.0 Å². The zero-order chi connectivity index (χ0) is 13.2. The molecule has 2 rings (SSSR count). The molecular weight excluding hydrogens is 249 g/mol. The molecule has 2 heterocycles. The maximum atomic E-state index is 12.0. The van der Waals surface area contributed by atoms with E-state index in [4.69, 9.17) is 5.11 Å². The molecule has 0 amide bonds. The van der Waals surface area contributed by atoms with Crippen molar-refractivity contribution in [2.45, 2.75) is 25.2 Å². The highest BCUT2D eigenvalue weighted by molar-refractivity contribution is 5.43. The molecular formula is C11H13F3N2O2. The van der Waals surface area contributed by atoms with Gasteiger partial charge in [0.05, 0.1) is 18.8 Å². The number of aromatic nitrogens is 1. The van der Waals surface area contributed by atoms with Crippen LogP contribution in [-0.4, -0.2) is 35.6 Å². The number of hydrogen-bond acceptors (Lipinski definition) is 4. The molecule has 1 aromatic rings. The van der Waals surface area contributed by atoms with Crippen LogP contribution in [0.3, 0.4) is 0 Å². The van der Waals surface area contributed by atoms with E-state index in [1.54, 1.807) is 0 Å². The molecule has 1 fully saturated rings. The van der Waals surface area contributed by atoms with Gasteiger partial charge < -0.3 is 14.7 Å². The predicted octanol–water partition coefficient (Wildman–Crippen LogP) is 1.94. The summed E-state index contributed by atoms with van der Waals surface area (Å²) in [6.07, 6.45) is -1.87. The van der Waals surface area contributed by atoms with Gasteiger partial charge in [-0.3, -0.25) is 0 Å². The van der Waals surface area contributed by atoms with Gasteiger partial charge in [0, 0.05) is 6.54 Å². The first kappa shape index (κ1) is 12.9. The Balaban J connectivity index is 2.08. The fraction of sp³-hybridized carbons (Fsp3) is 0.545. The molecule has 7 heteroatoms. The first-order valence-electron chi connectivity index (χ1n) is 5.59. The SMILES string of the molecule is OC[C@H]1CCCN1c1ccc(OC(F)(F)F)cn1. The van der Waals surface area contributed by atoms with Gasteiger partial charge in [0.15, 0.2) is 0 Å². The summed E-state index contributed by atoms with van der Waals surface area (Å²) in [5.74, 6) is 0.215. The van der Waals surface area contributed by atoms with Crippen molar-refractivity contribution in [2.24, 2.45) is 0 Å². The first-order valence-corrected chi connectivity index (χ1v) is 5.59. The fourth-order valence-electron chi connectivity index (χ4n) is 2.06. The van der Waals surface area contributed by atoms with E-state index in [1.165, 1.54) is 12.1 Å². The molecule has 1 atom stereocenters. The number of rotatable bonds is 3. The van der Waals surface area contributed by atoms with Gasteiger partial charge in [0.1, 0.15) is 11.6 Å². The van der Waals surface area contributed by atoms with E-state index < -0.39 is 6.36 Å². The van der Waals surface area contributed by atoms with E-state index in [-0.39, 0.29) is 18.4 Å². The molecule has 0 unspecified atom stereocenters. The van der Waals surface area contributed by atoms with Crippen LogP contribution in [0.25, 0.3) is 0 Å². The molecule has 0 aromatic carbocycles. The molecule has 1 N–H and O–H groups in total.